The van der Waals surface area contributed by atoms with Crippen LogP contribution in [0.4, 0.5) is 5.00 Å². The van der Waals surface area contributed by atoms with Crippen molar-refractivity contribution in [2.24, 2.45) is 0 Å². The molecule has 2 aromatic heterocycles. The molecule has 8 heteroatoms. The van der Waals surface area contributed by atoms with Crippen LogP contribution in [0.1, 0.15) is 26.4 Å². The second-order valence-electron chi connectivity index (χ2n) is 4.97. The quantitative estimate of drug-likeness (QED) is 0.649. The average Bonchev–Trinajstić information content (AvgIpc) is 2.86. The first kappa shape index (κ1) is 17.6. The number of aryl methyl sites for hydroxylation is 1. The number of ether oxygens (including phenoxy) is 1. The minimum atomic E-state index is -0.838. The summed E-state index contributed by atoms with van der Waals surface area (Å²) >= 11 is 1.22. The van der Waals surface area contributed by atoms with E-state index in [2.05, 4.69) is 15.6 Å². The monoisotopic (exact) mass is 347 g/mol. The van der Waals surface area contributed by atoms with E-state index in [4.69, 9.17) is 4.74 Å². The highest BCUT2D eigenvalue weighted by molar-refractivity contribution is 7.17. The first-order valence-electron chi connectivity index (χ1n) is 7.10. The summed E-state index contributed by atoms with van der Waals surface area (Å²) in [5, 5.41) is 5.30. The SMILES string of the molecule is COC(=O)c1c(NC(=O)C(=O)NCc2ccncc2)sc(C)c1C. The molecule has 2 N–H and O–H groups in total. The number of hydrogen-bond donors (Lipinski definition) is 2. The van der Waals surface area contributed by atoms with Crippen LogP contribution in [0.15, 0.2) is 24.5 Å². The van der Waals surface area contributed by atoms with E-state index in [0.717, 1.165) is 16.0 Å². The van der Waals surface area contributed by atoms with Gasteiger partial charge in [0.05, 0.1) is 12.7 Å². The third-order valence-corrected chi connectivity index (χ3v) is 4.53. The molecule has 2 aromatic rings. The summed E-state index contributed by atoms with van der Waals surface area (Å²) in [6, 6.07) is 3.47. The van der Waals surface area contributed by atoms with Crippen molar-refractivity contribution in [3.05, 3.63) is 46.1 Å². The normalized spacial score (nSPS) is 10.1. The average molecular weight is 347 g/mol. The molecule has 24 heavy (non-hydrogen) atoms. The third kappa shape index (κ3) is 3.96. The maximum Gasteiger partial charge on any atom is 0.341 e. The fraction of sp³-hybridized carbons (Fsp3) is 0.250. The van der Waals surface area contributed by atoms with E-state index in [0.29, 0.717) is 5.00 Å². The highest BCUT2D eigenvalue weighted by Gasteiger charge is 2.23. The number of esters is 1. The zero-order valence-electron chi connectivity index (χ0n) is 13.5. The van der Waals surface area contributed by atoms with Gasteiger partial charge in [0.15, 0.2) is 0 Å². The Morgan fingerprint density at radius 2 is 1.83 bits per heavy atom. The highest BCUT2D eigenvalue weighted by Crippen LogP contribution is 2.32. The fourth-order valence-electron chi connectivity index (χ4n) is 1.99. The summed E-state index contributed by atoms with van der Waals surface area (Å²) in [5.74, 6) is -2.17. The van der Waals surface area contributed by atoms with Crippen LogP contribution in [0.5, 0.6) is 0 Å². The van der Waals surface area contributed by atoms with Crippen molar-refractivity contribution >= 4 is 34.1 Å². The first-order chi connectivity index (χ1) is 11.4. The van der Waals surface area contributed by atoms with Crippen molar-refractivity contribution in [3.8, 4) is 0 Å². The summed E-state index contributed by atoms with van der Waals surface area (Å²) in [5.41, 5.74) is 1.82. The lowest BCUT2D eigenvalue weighted by Gasteiger charge is -2.07. The van der Waals surface area contributed by atoms with Gasteiger partial charge in [-0.1, -0.05) is 0 Å². The van der Waals surface area contributed by atoms with Crippen LogP contribution in [0.2, 0.25) is 0 Å². The van der Waals surface area contributed by atoms with E-state index < -0.39 is 17.8 Å². The van der Waals surface area contributed by atoms with Crippen molar-refractivity contribution in [2.45, 2.75) is 20.4 Å². The van der Waals surface area contributed by atoms with Crippen molar-refractivity contribution in [2.75, 3.05) is 12.4 Å². The summed E-state index contributed by atoms with van der Waals surface area (Å²) in [4.78, 5) is 40.5. The molecule has 0 aliphatic carbocycles. The van der Waals surface area contributed by atoms with Crippen molar-refractivity contribution in [3.63, 3.8) is 0 Å². The Morgan fingerprint density at radius 1 is 1.17 bits per heavy atom. The molecule has 2 amide bonds. The molecule has 0 saturated carbocycles. The molecular formula is C16H17N3O4S. The van der Waals surface area contributed by atoms with Gasteiger partial charge < -0.3 is 15.4 Å². The van der Waals surface area contributed by atoms with Crippen LogP contribution in [-0.2, 0) is 20.9 Å². The van der Waals surface area contributed by atoms with Gasteiger partial charge in [0.25, 0.3) is 0 Å². The van der Waals surface area contributed by atoms with Crippen LogP contribution < -0.4 is 10.6 Å². The number of anilines is 1. The van der Waals surface area contributed by atoms with Gasteiger partial charge in [-0.25, -0.2) is 4.79 Å². The molecule has 0 unspecified atom stereocenters. The van der Waals surface area contributed by atoms with Crippen LogP contribution in [-0.4, -0.2) is 29.9 Å². The lowest BCUT2D eigenvalue weighted by atomic mass is 10.1. The molecule has 7 nitrogen and oxygen atoms in total. The fourth-order valence-corrected chi connectivity index (χ4v) is 3.03. The summed E-state index contributed by atoms with van der Waals surface area (Å²) in [6.45, 7) is 3.80. The third-order valence-electron chi connectivity index (χ3n) is 3.41. The highest BCUT2D eigenvalue weighted by atomic mass is 32.1. The van der Waals surface area contributed by atoms with Crippen LogP contribution >= 0.6 is 11.3 Å². The number of hydrogen-bond acceptors (Lipinski definition) is 6. The molecule has 0 aromatic carbocycles. The minimum Gasteiger partial charge on any atom is -0.465 e. The Labute approximate surface area is 143 Å². The molecular weight excluding hydrogens is 330 g/mol. The van der Waals surface area contributed by atoms with Gasteiger partial charge in [-0.3, -0.25) is 14.6 Å². The van der Waals surface area contributed by atoms with Crippen LogP contribution in [0.25, 0.3) is 0 Å². The molecule has 0 spiro atoms. The molecule has 0 aliphatic rings. The summed E-state index contributed by atoms with van der Waals surface area (Å²) in [6.07, 6.45) is 3.20. The van der Waals surface area contributed by atoms with Gasteiger partial charge in [-0.05, 0) is 37.1 Å². The lowest BCUT2D eigenvalue weighted by molar-refractivity contribution is -0.136. The number of carbonyl (C=O) groups excluding carboxylic acids is 3. The van der Waals surface area contributed by atoms with Crippen LogP contribution in [0, 0.1) is 13.8 Å². The number of thiophene rings is 1. The molecule has 0 aliphatic heterocycles. The molecule has 0 atom stereocenters. The minimum absolute atomic E-state index is 0.209. The predicted octanol–water partition coefficient (Wildman–Crippen LogP) is 1.80. The Bertz CT molecular complexity index is 771. The summed E-state index contributed by atoms with van der Waals surface area (Å²) < 4.78 is 4.73. The smallest absolute Gasteiger partial charge is 0.341 e. The molecule has 2 rings (SSSR count). The predicted molar refractivity (Wildman–Crippen MR) is 89.8 cm³/mol. The topological polar surface area (TPSA) is 97.4 Å². The maximum atomic E-state index is 12.0. The second-order valence-corrected chi connectivity index (χ2v) is 6.20. The molecule has 0 fully saturated rings. The number of carbonyl (C=O) groups is 3. The lowest BCUT2D eigenvalue weighted by Crippen LogP contribution is -2.35. The number of methoxy groups -OCH3 is 1. The molecule has 0 radical (unpaired) electrons. The second kappa shape index (κ2) is 7.69. The Morgan fingerprint density at radius 3 is 2.46 bits per heavy atom. The maximum absolute atomic E-state index is 12.0. The van der Waals surface area contributed by atoms with Gasteiger partial charge in [0.2, 0.25) is 0 Å². The van der Waals surface area contributed by atoms with Gasteiger partial charge >= 0.3 is 17.8 Å². The van der Waals surface area contributed by atoms with Gasteiger partial charge in [0, 0.05) is 23.8 Å². The van der Waals surface area contributed by atoms with Crippen molar-refractivity contribution in [1.29, 1.82) is 0 Å². The zero-order chi connectivity index (χ0) is 17.7. The Balaban J connectivity index is 2.05. The molecule has 0 saturated heterocycles. The van der Waals surface area contributed by atoms with Crippen molar-refractivity contribution < 1.29 is 19.1 Å². The standard InChI is InChI=1S/C16H17N3O4S/c1-9-10(2)24-15(12(9)16(22)23-3)19-14(21)13(20)18-8-11-4-6-17-7-5-11/h4-7H,8H2,1-3H3,(H,18,20)(H,19,21). The van der Waals surface area contributed by atoms with E-state index in [1.165, 1.54) is 18.4 Å². The number of nitrogens with zero attached hydrogens (tertiary/aromatic N) is 1. The van der Waals surface area contributed by atoms with E-state index in [1.54, 1.807) is 31.5 Å². The Hall–Kier alpha value is -2.74. The van der Waals surface area contributed by atoms with E-state index in [-0.39, 0.29) is 12.1 Å². The van der Waals surface area contributed by atoms with Crippen molar-refractivity contribution in [1.82, 2.24) is 10.3 Å². The van der Waals surface area contributed by atoms with E-state index >= 15 is 0 Å². The number of pyridine rings is 1. The van der Waals surface area contributed by atoms with Crippen LogP contribution in [0.3, 0.4) is 0 Å². The first-order valence-corrected chi connectivity index (χ1v) is 7.92. The van der Waals surface area contributed by atoms with Gasteiger partial charge in [-0.2, -0.15) is 0 Å². The molecule has 2 heterocycles. The number of nitrogens with one attached hydrogen (secondary N) is 2. The summed E-state index contributed by atoms with van der Waals surface area (Å²) in [7, 11) is 1.27. The largest absolute Gasteiger partial charge is 0.465 e. The van der Waals surface area contributed by atoms with Gasteiger partial charge in [0.1, 0.15) is 5.00 Å². The number of aromatic nitrogens is 1. The van der Waals surface area contributed by atoms with E-state index in [1.807, 2.05) is 6.92 Å². The van der Waals surface area contributed by atoms with E-state index in [9.17, 15) is 14.4 Å². The zero-order valence-corrected chi connectivity index (χ0v) is 14.3. The van der Waals surface area contributed by atoms with Gasteiger partial charge in [-0.15, -0.1) is 11.3 Å². The molecule has 0 bridgehead atoms. The number of amides is 2. The number of rotatable bonds is 4. The molecule has 126 valence electrons. The Kier molecular flexibility index (Phi) is 5.64.